The Labute approximate surface area is 113 Å². The zero-order valence-corrected chi connectivity index (χ0v) is 10.5. The number of rotatable bonds is 3. The molecule has 6 nitrogen and oxygen atoms in total. The summed E-state index contributed by atoms with van der Waals surface area (Å²) in [6.45, 7) is 0. The van der Waals surface area contributed by atoms with E-state index in [1.54, 1.807) is 18.2 Å². The van der Waals surface area contributed by atoms with Crippen LogP contribution in [0.15, 0.2) is 42.6 Å². The molecular weight excluding hydrogens is 265 g/mol. The molecule has 0 aliphatic rings. The molecule has 7 heteroatoms. The monoisotopic (exact) mass is 275 g/mol. The number of nitro groups is 1. The van der Waals surface area contributed by atoms with Gasteiger partial charge in [-0.2, -0.15) is 0 Å². The number of benzene rings is 1. The third kappa shape index (κ3) is 2.61. The van der Waals surface area contributed by atoms with Crippen LogP contribution in [0.1, 0.15) is 10.4 Å². The standard InChI is InChI=1S/C13H10FN3O3/c1-16(12-4-2-3-7-15-12)13(18)10-8-9(14)5-6-11(10)17(19)20/h2-8H,1H3. The molecule has 0 fully saturated rings. The number of carbonyl (C=O) groups is 1. The molecule has 102 valence electrons. The van der Waals surface area contributed by atoms with Gasteiger partial charge in [-0.15, -0.1) is 0 Å². The third-order valence-corrected chi connectivity index (χ3v) is 2.68. The van der Waals surface area contributed by atoms with Crippen molar-refractivity contribution in [2.24, 2.45) is 0 Å². The van der Waals surface area contributed by atoms with Gasteiger partial charge in [0.15, 0.2) is 0 Å². The number of anilines is 1. The number of nitro benzene ring substituents is 1. The normalized spacial score (nSPS) is 10.1. The summed E-state index contributed by atoms with van der Waals surface area (Å²) >= 11 is 0. The van der Waals surface area contributed by atoms with E-state index in [2.05, 4.69) is 4.98 Å². The summed E-state index contributed by atoms with van der Waals surface area (Å²) in [5, 5.41) is 10.9. The Balaban J connectivity index is 2.43. The zero-order chi connectivity index (χ0) is 14.7. The van der Waals surface area contributed by atoms with E-state index >= 15 is 0 Å². The molecule has 0 saturated carbocycles. The molecular formula is C13H10FN3O3. The molecule has 0 radical (unpaired) electrons. The highest BCUT2D eigenvalue weighted by molar-refractivity contribution is 6.07. The number of amides is 1. The van der Waals surface area contributed by atoms with E-state index in [0.29, 0.717) is 5.82 Å². The van der Waals surface area contributed by atoms with Crippen molar-refractivity contribution in [2.45, 2.75) is 0 Å². The SMILES string of the molecule is CN(C(=O)c1cc(F)ccc1[N+](=O)[O-])c1ccccn1. The Morgan fingerprint density at radius 3 is 2.70 bits per heavy atom. The van der Waals surface area contributed by atoms with Crippen molar-refractivity contribution in [3.05, 3.63) is 64.1 Å². The Bertz CT molecular complexity index is 661. The van der Waals surface area contributed by atoms with Crippen molar-refractivity contribution < 1.29 is 14.1 Å². The number of nitrogens with zero attached hydrogens (tertiary/aromatic N) is 3. The van der Waals surface area contributed by atoms with Crippen LogP contribution in [0.3, 0.4) is 0 Å². The molecule has 20 heavy (non-hydrogen) atoms. The van der Waals surface area contributed by atoms with E-state index in [1.165, 1.54) is 13.2 Å². The third-order valence-electron chi connectivity index (χ3n) is 2.68. The first-order valence-corrected chi connectivity index (χ1v) is 5.63. The van der Waals surface area contributed by atoms with Gasteiger partial charge in [-0.3, -0.25) is 19.8 Å². The second-order valence-electron chi connectivity index (χ2n) is 3.97. The van der Waals surface area contributed by atoms with Crippen molar-refractivity contribution in [3.8, 4) is 0 Å². The van der Waals surface area contributed by atoms with E-state index < -0.39 is 22.3 Å². The van der Waals surface area contributed by atoms with Crippen molar-refractivity contribution in [3.63, 3.8) is 0 Å². The van der Waals surface area contributed by atoms with Gasteiger partial charge in [0.05, 0.1) is 4.92 Å². The zero-order valence-electron chi connectivity index (χ0n) is 10.5. The lowest BCUT2D eigenvalue weighted by Crippen LogP contribution is -2.27. The van der Waals surface area contributed by atoms with Crippen LogP contribution in [0, 0.1) is 15.9 Å². The number of halogens is 1. The molecule has 0 aliphatic carbocycles. The second kappa shape index (κ2) is 5.43. The number of pyridine rings is 1. The lowest BCUT2D eigenvalue weighted by atomic mass is 10.1. The molecule has 0 atom stereocenters. The van der Waals surface area contributed by atoms with Crippen LogP contribution in [-0.2, 0) is 0 Å². The molecule has 2 rings (SSSR count). The van der Waals surface area contributed by atoms with Crippen molar-refractivity contribution in [2.75, 3.05) is 11.9 Å². The molecule has 1 amide bonds. The average Bonchev–Trinajstić information content (AvgIpc) is 2.46. The molecule has 0 saturated heterocycles. The van der Waals surface area contributed by atoms with Crippen molar-refractivity contribution in [1.82, 2.24) is 4.98 Å². The maximum atomic E-state index is 13.2. The molecule has 0 aliphatic heterocycles. The van der Waals surface area contributed by atoms with Gasteiger partial charge in [0.1, 0.15) is 17.2 Å². The first-order valence-electron chi connectivity index (χ1n) is 5.63. The van der Waals surface area contributed by atoms with Crippen molar-refractivity contribution >= 4 is 17.4 Å². The van der Waals surface area contributed by atoms with E-state index in [4.69, 9.17) is 0 Å². The van der Waals surface area contributed by atoms with Gasteiger partial charge in [0.25, 0.3) is 11.6 Å². The Kier molecular flexibility index (Phi) is 3.69. The van der Waals surface area contributed by atoms with Crippen LogP contribution in [-0.4, -0.2) is 22.9 Å². The minimum atomic E-state index is -0.723. The van der Waals surface area contributed by atoms with Gasteiger partial charge in [0.2, 0.25) is 0 Å². The van der Waals surface area contributed by atoms with Gasteiger partial charge >= 0.3 is 0 Å². The van der Waals surface area contributed by atoms with Gasteiger partial charge in [-0.1, -0.05) is 6.07 Å². The average molecular weight is 275 g/mol. The molecule has 1 heterocycles. The fourth-order valence-electron chi connectivity index (χ4n) is 1.68. The van der Waals surface area contributed by atoms with E-state index in [1.807, 2.05) is 0 Å². The largest absolute Gasteiger partial charge is 0.296 e. The predicted octanol–water partition coefficient (Wildman–Crippen LogP) is 2.41. The Morgan fingerprint density at radius 2 is 2.10 bits per heavy atom. The van der Waals surface area contributed by atoms with Crippen LogP contribution >= 0.6 is 0 Å². The van der Waals surface area contributed by atoms with Gasteiger partial charge in [-0.25, -0.2) is 9.37 Å². The van der Waals surface area contributed by atoms with Crippen LogP contribution < -0.4 is 4.90 Å². The molecule has 1 aromatic carbocycles. The highest BCUT2D eigenvalue weighted by Crippen LogP contribution is 2.22. The lowest BCUT2D eigenvalue weighted by Gasteiger charge is -2.15. The van der Waals surface area contributed by atoms with E-state index in [9.17, 15) is 19.3 Å². The van der Waals surface area contributed by atoms with Crippen LogP contribution in [0.2, 0.25) is 0 Å². The number of aromatic nitrogens is 1. The van der Waals surface area contributed by atoms with Crippen LogP contribution in [0.5, 0.6) is 0 Å². The number of carbonyl (C=O) groups excluding carboxylic acids is 1. The van der Waals surface area contributed by atoms with Crippen molar-refractivity contribution in [1.29, 1.82) is 0 Å². The molecule has 0 unspecified atom stereocenters. The highest BCUT2D eigenvalue weighted by atomic mass is 19.1. The second-order valence-corrected chi connectivity index (χ2v) is 3.97. The van der Waals surface area contributed by atoms with Crippen LogP contribution in [0.25, 0.3) is 0 Å². The molecule has 0 N–H and O–H groups in total. The van der Waals surface area contributed by atoms with Gasteiger partial charge in [-0.05, 0) is 24.3 Å². The summed E-state index contributed by atoms with van der Waals surface area (Å²) in [7, 11) is 1.42. The summed E-state index contributed by atoms with van der Waals surface area (Å²) < 4.78 is 13.2. The number of hydrogen-bond donors (Lipinski definition) is 0. The minimum absolute atomic E-state index is 0.316. The molecule has 0 spiro atoms. The molecule has 0 bridgehead atoms. The maximum Gasteiger partial charge on any atom is 0.282 e. The summed E-state index contributed by atoms with van der Waals surface area (Å²) in [5.41, 5.74) is -0.762. The maximum absolute atomic E-state index is 13.2. The molecule has 1 aromatic heterocycles. The Hall–Kier alpha value is -2.83. The van der Waals surface area contributed by atoms with Gasteiger partial charge in [0, 0.05) is 19.3 Å². The summed E-state index contributed by atoms with van der Waals surface area (Å²) in [4.78, 5) is 27.5. The lowest BCUT2D eigenvalue weighted by molar-refractivity contribution is -0.385. The van der Waals surface area contributed by atoms with Crippen LogP contribution in [0.4, 0.5) is 15.9 Å². The molecule has 2 aromatic rings. The Morgan fingerprint density at radius 1 is 1.35 bits per heavy atom. The topological polar surface area (TPSA) is 76.3 Å². The summed E-state index contributed by atoms with van der Waals surface area (Å²) in [6, 6.07) is 7.67. The fraction of sp³-hybridized carbons (Fsp3) is 0.0769. The first-order chi connectivity index (χ1) is 9.50. The smallest absolute Gasteiger partial charge is 0.282 e. The van der Waals surface area contributed by atoms with Gasteiger partial charge < -0.3 is 0 Å². The highest BCUT2D eigenvalue weighted by Gasteiger charge is 2.24. The fourth-order valence-corrected chi connectivity index (χ4v) is 1.68. The van der Waals surface area contributed by atoms with E-state index in [0.717, 1.165) is 23.1 Å². The number of hydrogen-bond acceptors (Lipinski definition) is 4. The minimum Gasteiger partial charge on any atom is -0.296 e. The quantitative estimate of drug-likeness (QED) is 0.636. The summed E-state index contributed by atoms with van der Waals surface area (Å²) in [5.74, 6) is -1.10. The predicted molar refractivity (Wildman–Crippen MR) is 70.0 cm³/mol. The van der Waals surface area contributed by atoms with E-state index in [-0.39, 0.29) is 5.56 Å². The first kappa shape index (κ1) is 13.6. The summed E-state index contributed by atoms with van der Waals surface area (Å²) in [6.07, 6.45) is 1.49.